The highest BCUT2D eigenvalue weighted by molar-refractivity contribution is 6.03. The number of carbonyl (C=O) groups is 1. The second-order valence-corrected chi connectivity index (χ2v) is 4.77. The highest BCUT2D eigenvalue weighted by Gasteiger charge is 2.09. The maximum Gasteiger partial charge on any atom is 0.250 e. The molecule has 0 radical (unpaired) electrons. The van der Waals surface area contributed by atoms with E-state index in [1.165, 1.54) is 0 Å². The van der Waals surface area contributed by atoms with Gasteiger partial charge in [0, 0.05) is 37.1 Å². The summed E-state index contributed by atoms with van der Waals surface area (Å²) in [4.78, 5) is 13.8. The number of anilines is 1. The normalized spacial score (nSPS) is 11.0. The molecule has 4 heteroatoms. The molecule has 0 aliphatic carbocycles. The molecule has 0 saturated carbocycles. The minimum absolute atomic E-state index is 0.0566. The summed E-state index contributed by atoms with van der Waals surface area (Å²) in [5.41, 5.74) is 3.86. The van der Waals surface area contributed by atoms with Gasteiger partial charge in [0.05, 0.1) is 5.69 Å². The molecular weight excluding hydrogens is 250 g/mol. The molecule has 0 aliphatic rings. The molecule has 1 aromatic carbocycles. The monoisotopic (exact) mass is 269 g/mol. The van der Waals surface area contributed by atoms with E-state index in [0.717, 1.165) is 22.6 Å². The van der Waals surface area contributed by atoms with Crippen LogP contribution in [0.4, 0.5) is 5.69 Å². The van der Waals surface area contributed by atoms with E-state index in [9.17, 15) is 4.79 Å². The fourth-order valence-corrected chi connectivity index (χ4v) is 2.08. The Balaban J connectivity index is 2.17. The minimum atomic E-state index is -0.0566. The van der Waals surface area contributed by atoms with E-state index in [1.807, 2.05) is 62.0 Å². The molecule has 0 spiro atoms. The Hall–Kier alpha value is -2.36. The van der Waals surface area contributed by atoms with Crippen LogP contribution in [0.25, 0.3) is 6.08 Å². The summed E-state index contributed by atoms with van der Waals surface area (Å²) < 4.78 is 1.82. The van der Waals surface area contributed by atoms with Crippen LogP contribution in [-0.2, 0) is 11.8 Å². The molecule has 0 atom stereocenters. The largest absolute Gasteiger partial charge is 0.312 e. The number of aromatic nitrogens is 2. The first-order valence-corrected chi connectivity index (χ1v) is 6.51. The molecule has 1 heterocycles. The number of likely N-dealkylation sites (N-methyl/N-ethyl adjacent to an activating group) is 1. The first-order chi connectivity index (χ1) is 9.50. The van der Waals surface area contributed by atoms with Crippen molar-refractivity contribution in [3.63, 3.8) is 0 Å². The lowest BCUT2D eigenvalue weighted by atomic mass is 10.2. The van der Waals surface area contributed by atoms with Gasteiger partial charge in [0.1, 0.15) is 0 Å². The highest BCUT2D eigenvalue weighted by Crippen LogP contribution is 2.15. The molecule has 0 bridgehead atoms. The lowest BCUT2D eigenvalue weighted by Gasteiger charge is -2.14. The predicted molar refractivity (Wildman–Crippen MR) is 81.6 cm³/mol. The number of nitrogens with zero attached hydrogens (tertiary/aromatic N) is 3. The van der Waals surface area contributed by atoms with Crippen molar-refractivity contribution in [1.29, 1.82) is 0 Å². The van der Waals surface area contributed by atoms with Gasteiger partial charge in [-0.2, -0.15) is 5.10 Å². The molecule has 0 saturated heterocycles. The van der Waals surface area contributed by atoms with Crippen molar-refractivity contribution in [2.75, 3.05) is 11.9 Å². The molecule has 0 unspecified atom stereocenters. The van der Waals surface area contributed by atoms with Crippen LogP contribution in [0.1, 0.15) is 17.0 Å². The predicted octanol–water partition coefficient (Wildman–Crippen LogP) is 2.71. The quantitative estimate of drug-likeness (QED) is 0.804. The first kappa shape index (κ1) is 14.1. The number of hydrogen-bond acceptors (Lipinski definition) is 2. The molecule has 2 rings (SSSR count). The van der Waals surface area contributed by atoms with Crippen molar-refractivity contribution in [2.45, 2.75) is 13.8 Å². The van der Waals surface area contributed by atoms with Gasteiger partial charge < -0.3 is 4.90 Å². The summed E-state index contributed by atoms with van der Waals surface area (Å²) >= 11 is 0. The van der Waals surface area contributed by atoms with Crippen molar-refractivity contribution in [1.82, 2.24) is 9.78 Å². The van der Waals surface area contributed by atoms with Crippen LogP contribution in [0, 0.1) is 13.8 Å². The molecule has 0 aliphatic heterocycles. The number of amides is 1. The summed E-state index contributed by atoms with van der Waals surface area (Å²) in [7, 11) is 3.67. The van der Waals surface area contributed by atoms with Crippen LogP contribution in [0.15, 0.2) is 36.4 Å². The van der Waals surface area contributed by atoms with Crippen molar-refractivity contribution < 1.29 is 4.79 Å². The average molecular weight is 269 g/mol. The van der Waals surface area contributed by atoms with E-state index < -0.39 is 0 Å². The van der Waals surface area contributed by atoms with Crippen LogP contribution < -0.4 is 4.90 Å². The summed E-state index contributed by atoms with van der Waals surface area (Å²) in [5, 5.41) is 4.33. The van der Waals surface area contributed by atoms with E-state index in [1.54, 1.807) is 18.0 Å². The van der Waals surface area contributed by atoms with Crippen LogP contribution in [0.3, 0.4) is 0 Å². The molecule has 1 amide bonds. The van der Waals surface area contributed by atoms with E-state index in [2.05, 4.69) is 5.10 Å². The second-order valence-electron chi connectivity index (χ2n) is 4.77. The third-order valence-electron chi connectivity index (χ3n) is 3.43. The number of rotatable bonds is 3. The summed E-state index contributed by atoms with van der Waals surface area (Å²) in [6, 6.07) is 9.58. The Morgan fingerprint density at radius 2 is 1.90 bits per heavy atom. The number of benzene rings is 1. The Kier molecular flexibility index (Phi) is 4.03. The number of para-hydroxylation sites is 1. The van der Waals surface area contributed by atoms with Crippen LogP contribution in [0.5, 0.6) is 0 Å². The Morgan fingerprint density at radius 3 is 2.45 bits per heavy atom. The molecule has 2 aromatic rings. The van der Waals surface area contributed by atoms with E-state index >= 15 is 0 Å². The van der Waals surface area contributed by atoms with Gasteiger partial charge in [-0.25, -0.2) is 0 Å². The van der Waals surface area contributed by atoms with Gasteiger partial charge in [-0.05, 0) is 32.1 Å². The minimum Gasteiger partial charge on any atom is -0.312 e. The van der Waals surface area contributed by atoms with E-state index in [-0.39, 0.29) is 5.91 Å². The molecule has 20 heavy (non-hydrogen) atoms. The van der Waals surface area contributed by atoms with Gasteiger partial charge in [0.2, 0.25) is 0 Å². The van der Waals surface area contributed by atoms with Crippen molar-refractivity contribution in [3.8, 4) is 0 Å². The van der Waals surface area contributed by atoms with Gasteiger partial charge in [-0.1, -0.05) is 18.2 Å². The van der Waals surface area contributed by atoms with Crippen LogP contribution >= 0.6 is 0 Å². The molecular formula is C16H19N3O. The van der Waals surface area contributed by atoms with Crippen molar-refractivity contribution in [2.24, 2.45) is 7.05 Å². The zero-order chi connectivity index (χ0) is 14.7. The van der Waals surface area contributed by atoms with Gasteiger partial charge in [0.15, 0.2) is 0 Å². The third-order valence-corrected chi connectivity index (χ3v) is 3.43. The maximum atomic E-state index is 12.2. The van der Waals surface area contributed by atoms with Gasteiger partial charge in [0.25, 0.3) is 5.91 Å². The molecule has 104 valence electrons. The Bertz CT molecular complexity index is 641. The standard InChI is InChI=1S/C16H19N3O/c1-12-15(13(2)19(4)17-12)10-11-16(20)18(3)14-8-6-5-7-9-14/h5-11H,1-4H3. The lowest BCUT2D eigenvalue weighted by molar-refractivity contribution is -0.113. The third kappa shape index (κ3) is 2.79. The fraction of sp³-hybridized carbons (Fsp3) is 0.250. The number of aryl methyl sites for hydroxylation is 2. The number of hydrogen-bond donors (Lipinski definition) is 0. The molecule has 4 nitrogen and oxygen atoms in total. The number of carbonyl (C=O) groups excluding carboxylic acids is 1. The second kappa shape index (κ2) is 5.74. The SMILES string of the molecule is Cc1nn(C)c(C)c1C=CC(=O)N(C)c1ccccc1. The lowest BCUT2D eigenvalue weighted by Crippen LogP contribution is -2.23. The van der Waals surface area contributed by atoms with E-state index in [0.29, 0.717) is 0 Å². The van der Waals surface area contributed by atoms with E-state index in [4.69, 9.17) is 0 Å². The zero-order valence-corrected chi connectivity index (χ0v) is 12.3. The zero-order valence-electron chi connectivity index (χ0n) is 12.3. The molecule has 0 N–H and O–H groups in total. The fourth-order valence-electron chi connectivity index (χ4n) is 2.08. The summed E-state index contributed by atoms with van der Waals surface area (Å²) in [6.45, 7) is 3.93. The smallest absolute Gasteiger partial charge is 0.250 e. The summed E-state index contributed by atoms with van der Waals surface area (Å²) in [5.74, 6) is -0.0566. The highest BCUT2D eigenvalue weighted by atomic mass is 16.2. The van der Waals surface area contributed by atoms with Crippen LogP contribution in [0.2, 0.25) is 0 Å². The molecule has 1 aromatic heterocycles. The van der Waals surface area contributed by atoms with Crippen LogP contribution in [-0.4, -0.2) is 22.7 Å². The summed E-state index contributed by atoms with van der Waals surface area (Å²) in [6.07, 6.45) is 3.42. The van der Waals surface area contributed by atoms with Gasteiger partial charge in [-0.15, -0.1) is 0 Å². The Morgan fingerprint density at radius 1 is 1.25 bits per heavy atom. The van der Waals surface area contributed by atoms with Gasteiger partial charge in [-0.3, -0.25) is 9.48 Å². The molecule has 0 fully saturated rings. The average Bonchev–Trinajstić information content (AvgIpc) is 2.70. The van der Waals surface area contributed by atoms with Crippen molar-refractivity contribution >= 4 is 17.7 Å². The maximum absolute atomic E-state index is 12.2. The van der Waals surface area contributed by atoms with Gasteiger partial charge >= 0.3 is 0 Å². The Labute approximate surface area is 119 Å². The topological polar surface area (TPSA) is 38.1 Å². The first-order valence-electron chi connectivity index (χ1n) is 6.51. The van der Waals surface area contributed by atoms with Crippen molar-refractivity contribution in [3.05, 3.63) is 53.4 Å².